The molecule has 0 aliphatic rings. The maximum atomic E-state index is 12.6. The third-order valence-electron chi connectivity index (χ3n) is 20.8. The number of hydrogen-bond donors (Lipinski definition) is 3. The van der Waals surface area contributed by atoms with Crippen molar-refractivity contribution in [3.63, 3.8) is 0 Å². The van der Waals surface area contributed by atoms with E-state index in [1.165, 1.54) is 417 Å². The quantitative estimate of drug-likeness (QED) is 0.0320. The zero-order valence-corrected chi connectivity index (χ0v) is 64.2. The number of rotatable bonds is 83. The van der Waals surface area contributed by atoms with Crippen LogP contribution in [0.4, 0.5) is 0 Å². The van der Waals surface area contributed by atoms with E-state index in [2.05, 4.69) is 43.5 Å². The molecule has 0 fully saturated rings. The normalized spacial score (nSPS) is 12.5. The van der Waals surface area contributed by atoms with Crippen molar-refractivity contribution in [2.45, 2.75) is 514 Å². The topological polar surface area (TPSA) is 95.9 Å². The second kappa shape index (κ2) is 83.8. The minimum Gasteiger partial charge on any atom is -0.466 e. The van der Waals surface area contributed by atoms with E-state index in [0.717, 1.165) is 51.4 Å². The lowest BCUT2D eigenvalue weighted by Crippen LogP contribution is -2.45. The van der Waals surface area contributed by atoms with E-state index in [1.54, 1.807) is 0 Å². The maximum Gasteiger partial charge on any atom is 0.305 e. The van der Waals surface area contributed by atoms with Crippen LogP contribution in [0.1, 0.15) is 502 Å². The molecule has 0 spiro atoms. The molecule has 0 aliphatic carbocycles. The molecule has 0 bridgehead atoms. The fourth-order valence-corrected chi connectivity index (χ4v) is 14.1. The Bertz CT molecular complexity index is 1480. The Morgan fingerprint density at radius 3 is 0.830 bits per heavy atom. The molecule has 0 aromatic rings. The van der Waals surface area contributed by atoms with E-state index < -0.39 is 12.1 Å². The van der Waals surface area contributed by atoms with Crippen molar-refractivity contribution >= 4 is 11.9 Å². The van der Waals surface area contributed by atoms with Gasteiger partial charge in [-0.25, -0.2) is 0 Å². The van der Waals surface area contributed by atoms with Crippen molar-refractivity contribution in [1.29, 1.82) is 0 Å². The van der Waals surface area contributed by atoms with Crippen LogP contribution in [0.3, 0.4) is 0 Å². The zero-order chi connectivity index (χ0) is 67.7. The Morgan fingerprint density at radius 1 is 0.298 bits per heavy atom. The fraction of sp³-hybridized carbons (Fsp3) is 0.932. The molecule has 558 valence electrons. The summed E-state index contributed by atoms with van der Waals surface area (Å²) in [4.78, 5) is 24.7. The van der Waals surface area contributed by atoms with Crippen molar-refractivity contribution < 1.29 is 24.5 Å². The minimum absolute atomic E-state index is 0.0110. The van der Waals surface area contributed by atoms with Gasteiger partial charge in [-0.3, -0.25) is 9.59 Å². The van der Waals surface area contributed by atoms with Gasteiger partial charge in [-0.15, -0.1) is 0 Å². The molecular formula is C88H171NO5. The molecular weight excluding hydrogens is 1150 g/mol. The predicted molar refractivity (Wildman–Crippen MR) is 417 cm³/mol. The molecule has 6 nitrogen and oxygen atoms in total. The van der Waals surface area contributed by atoms with Gasteiger partial charge in [0.25, 0.3) is 0 Å². The van der Waals surface area contributed by atoms with Gasteiger partial charge in [-0.2, -0.15) is 0 Å². The Morgan fingerprint density at radius 2 is 0.532 bits per heavy atom. The highest BCUT2D eigenvalue weighted by Crippen LogP contribution is 2.21. The molecule has 0 aromatic carbocycles. The van der Waals surface area contributed by atoms with E-state index in [9.17, 15) is 19.8 Å². The lowest BCUT2D eigenvalue weighted by Gasteiger charge is -2.22. The van der Waals surface area contributed by atoms with Crippen molar-refractivity contribution in [3.05, 3.63) is 24.3 Å². The molecule has 0 aromatic heterocycles. The number of unbranched alkanes of at least 4 members (excludes halogenated alkanes) is 68. The number of nitrogens with one attached hydrogen (secondary N) is 1. The second-order valence-electron chi connectivity index (χ2n) is 30.2. The molecule has 1 amide bonds. The number of aliphatic hydroxyl groups is 2. The van der Waals surface area contributed by atoms with E-state index in [-0.39, 0.29) is 18.5 Å². The molecule has 0 heterocycles. The number of esters is 1. The van der Waals surface area contributed by atoms with Gasteiger partial charge in [0, 0.05) is 12.8 Å². The average Bonchev–Trinajstić information content (AvgIpc) is 3.63. The van der Waals surface area contributed by atoms with Crippen LogP contribution < -0.4 is 5.32 Å². The lowest BCUT2D eigenvalue weighted by atomic mass is 10.0. The summed E-state index contributed by atoms with van der Waals surface area (Å²) in [6.07, 6.45) is 109. The summed E-state index contributed by atoms with van der Waals surface area (Å²) < 4.78 is 5.50. The van der Waals surface area contributed by atoms with Crippen LogP contribution in [0.25, 0.3) is 0 Å². The molecule has 94 heavy (non-hydrogen) atoms. The van der Waals surface area contributed by atoms with Crippen LogP contribution in [-0.2, 0) is 14.3 Å². The largest absolute Gasteiger partial charge is 0.466 e. The SMILES string of the molecule is CCCCC/C=C\C/C=C\CCCCCCCC(=O)OCCCCCCCCCCCCCCCCCCCCCCCCCCCCCCCCCCCCCCCCCC(=O)NC(CO)C(O)CCCCCCCCCCCCCCCCCCCCCCCCC. The average molecular weight is 1320 g/mol. The van der Waals surface area contributed by atoms with Gasteiger partial charge < -0.3 is 20.3 Å². The summed E-state index contributed by atoms with van der Waals surface area (Å²) >= 11 is 0. The van der Waals surface area contributed by atoms with Crippen molar-refractivity contribution in [2.75, 3.05) is 13.2 Å². The van der Waals surface area contributed by atoms with Gasteiger partial charge in [0.2, 0.25) is 5.91 Å². The van der Waals surface area contributed by atoms with Gasteiger partial charge >= 0.3 is 5.97 Å². The van der Waals surface area contributed by atoms with Crippen LogP contribution in [0, 0.1) is 0 Å². The number of carbonyl (C=O) groups is 2. The first-order valence-electron chi connectivity index (χ1n) is 43.6. The summed E-state index contributed by atoms with van der Waals surface area (Å²) in [6.45, 7) is 4.98. The molecule has 0 aliphatic heterocycles. The standard InChI is InChI=1S/C88H171NO5/c1-3-5-7-9-11-13-15-17-19-20-21-22-40-43-46-49-53-56-60-64-68-72-76-80-86(91)85(84-90)89-87(92)81-77-73-69-65-61-57-54-50-47-44-41-38-36-34-32-30-28-26-24-23-25-27-29-31-33-35-37-39-42-45-48-51-55-59-63-67-71-75-79-83-94-88(93)82-78-74-70-66-62-58-52-18-16-14-12-10-8-6-4-2/h12,14,18,52,85-86,90-91H,3-11,13,15-17,19-51,53-84H2,1-2H3,(H,89,92)/b14-12-,52-18-. The molecule has 2 atom stereocenters. The molecule has 0 saturated heterocycles. The summed E-state index contributed by atoms with van der Waals surface area (Å²) in [5.74, 6) is -0.0116. The second-order valence-corrected chi connectivity index (χ2v) is 30.2. The fourth-order valence-electron chi connectivity index (χ4n) is 14.1. The minimum atomic E-state index is -0.661. The summed E-state index contributed by atoms with van der Waals surface area (Å²) in [5.41, 5.74) is 0. The van der Waals surface area contributed by atoms with Crippen molar-refractivity contribution in [2.24, 2.45) is 0 Å². The van der Waals surface area contributed by atoms with Crippen LogP contribution in [0.2, 0.25) is 0 Å². The highest BCUT2D eigenvalue weighted by atomic mass is 16.5. The van der Waals surface area contributed by atoms with Crippen LogP contribution in [0.15, 0.2) is 24.3 Å². The first-order chi connectivity index (χ1) is 46.5. The molecule has 6 heteroatoms. The predicted octanol–water partition coefficient (Wildman–Crippen LogP) is 29.2. The van der Waals surface area contributed by atoms with Gasteiger partial charge in [-0.1, -0.05) is 456 Å². The van der Waals surface area contributed by atoms with Crippen molar-refractivity contribution in [1.82, 2.24) is 5.32 Å². The summed E-state index contributed by atoms with van der Waals surface area (Å²) in [7, 11) is 0. The van der Waals surface area contributed by atoms with Gasteiger partial charge in [0.15, 0.2) is 0 Å². The van der Waals surface area contributed by atoms with Gasteiger partial charge in [-0.05, 0) is 57.8 Å². The zero-order valence-electron chi connectivity index (χ0n) is 64.2. The van der Waals surface area contributed by atoms with Crippen LogP contribution in [-0.4, -0.2) is 47.4 Å². The molecule has 0 radical (unpaired) electrons. The van der Waals surface area contributed by atoms with Crippen molar-refractivity contribution in [3.8, 4) is 0 Å². The number of carbonyl (C=O) groups excluding carboxylic acids is 2. The van der Waals surface area contributed by atoms with E-state index in [0.29, 0.717) is 25.9 Å². The van der Waals surface area contributed by atoms with Crippen LogP contribution >= 0.6 is 0 Å². The Balaban J connectivity index is 3.30. The van der Waals surface area contributed by atoms with E-state index >= 15 is 0 Å². The Hall–Kier alpha value is -1.66. The van der Waals surface area contributed by atoms with Crippen LogP contribution in [0.5, 0.6) is 0 Å². The third kappa shape index (κ3) is 79.3. The van der Waals surface area contributed by atoms with Gasteiger partial charge in [0.1, 0.15) is 0 Å². The number of allylic oxidation sites excluding steroid dienone is 4. The molecule has 2 unspecified atom stereocenters. The highest BCUT2D eigenvalue weighted by molar-refractivity contribution is 5.76. The Kier molecular flexibility index (Phi) is 82.3. The molecule has 3 N–H and O–H groups in total. The third-order valence-corrected chi connectivity index (χ3v) is 20.8. The van der Waals surface area contributed by atoms with Gasteiger partial charge in [0.05, 0.1) is 25.4 Å². The maximum absolute atomic E-state index is 12.6. The highest BCUT2D eigenvalue weighted by Gasteiger charge is 2.20. The molecule has 0 rings (SSSR count). The number of hydrogen-bond acceptors (Lipinski definition) is 5. The molecule has 0 saturated carbocycles. The monoisotopic (exact) mass is 1320 g/mol. The first kappa shape index (κ1) is 92.3. The van der Waals surface area contributed by atoms with E-state index in [1.807, 2.05) is 0 Å². The number of ether oxygens (including phenoxy) is 1. The Labute approximate surface area is 590 Å². The summed E-state index contributed by atoms with van der Waals surface area (Å²) in [5, 5.41) is 23.5. The summed E-state index contributed by atoms with van der Waals surface area (Å²) in [6, 6.07) is -0.538. The smallest absolute Gasteiger partial charge is 0.305 e. The first-order valence-corrected chi connectivity index (χ1v) is 43.6. The lowest BCUT2D eigenvalue weighted by molar-refractivity contribution is -0.143. The number of amides is 1. The number of aliphatic hydroxyl groups excluding tert-OH is 2. The van der Waals surface area contributed by atoms with E-state index in [4.69, 9.17) is 4.74 Å².